The number of benzene rings is 1. The zero-order valence-electron chi connectivity index (χ0n) is 19.4. The van der Waals surface area contributed by atoms with Gasteiger partial charge in [0, 0.05) is 44.7 Å². The van der Waals surface area contributed by atoms with Crippen molar-refractivity contribution in [3.05, 3.63) is 52.4 Å². The Labute approximate surface area is 186 Å². The van der Waals surface area contributed by atoms with Crippen LogP contribution in [0.15, 0.2) is 33.8 Å². The van der Waals surface area contributed by atoms with Crippen molar-refractivity contribution in [3.8, 4) is 0 Å². The summed E-state index contributed by atoms with van der Waals surface area (Å²) in [6.07, 6.45) is 2.01. The maximum atomic E-state index is 5.65. The van der Waals surface area contributed by atoms with Gasteiger partial charge in [-0.2, -0.15) is 0 Å². The third-order valence-corrected chi connectivity index (χ3v) is 5.53. The normalized spacial score (nSPS) is 17.7. The average Bonchev–Trinajstić information content (AvgIpc) is 3.18. The molecule has 1 atom stereocenters. The largest absolute Gasteiger partial charge is 0.376 e. The van der Waals surface area contributed by atoms with Crippen molar-refractivity contribution in [1.29, 1.82) is 0 Å². The second-order valence-electron chi connectivity index (χ2n) is 8.02. The minimum absolute atomic E-state index is 0.308. The van der Waals surface area contributed by atoms with Crippen molar-refractivity contribution in [1.82, 2.24) is 20.7 Å². The monoisotopic (exact) mass is 427 g/mol. The van der Waals surface area contributed by atoms with Crippen molar-refractivity contribution in [2.45, 2.75) is 66.3 Å². The van der Waals surface area contributed by atoms with Crippen molar-refractivity contribution < 1.29 is 9.26 Å². The second-order valence-corrected chi connectivity index (χ2v) is 8.02. The molecular formula is C24H37N5O2. The van der Waals surface area contributed by atoms with Crippen LogP contribution in [0.3, 0.4) is 0 Å². The van der Waals surface area contributed by atoms with Crippen LogP contribution in [-0.2, 0) is 37.2 Å². The van der Waals surface area contributed by atoms with Crippen molar-refractivity contribution >= 4 is 5.96 Å². The average molecular weight is 428 g/mol. The Hall–Kier alpha value is -2.38. The van der Waals surface area contributed by atoms with E-state index in [4.69, 9.17) is 14.3 Å². The van der Waals surface area contributed by atoms with Gasteiger partial charge in [-0.25, -0.2) is 4.99 Å². The minimum atomic E-state index is 0.308. The van der Waals surface area contributed by atoms with Crippen molar-refractivity contribution in [2.75, 3.05) is 26.2 Å². The number of guanidine groups is 1. The second kappa shape index (κ2) is 11.9. The Morgan fingerprint density at radius 1 is 1.19 bits per heavy atom. The molecule has 1 aliphatic heterocycles. The number of hydrogen-bond donors (Lipinski definition) is 2. The van der Waals surface area contributed by atoms with Crippen LogP contribution in [0, 0.1) is 0 Å². The molecule has 31 heavy (non-hydrogen) atoms. The Balaban J connectivity index is 1.62. The molecule has 1 aromatic heterocycles. The smallest absolute Gasteiger partial charge is 0.191 e. The summed E-state index contributed by atoms with van der Waals surface area (Å²) in [7, 11) is 0. The van der Waals surface area contributed by atoms with E-state index in [-0.39, 0.29) is 0 Å². The van der Waals surface area contributed by atoms with Gasteiger partial charge in [0.25, 0.3) is 0 Å². The first-order valence-corrected chi connectivity index (χ1v) is 11.5. The van der Waals surface area contributed by atoms with E-state index >= 15 is 0 Å². The maximum Gasteiger partial charge on any atom is 0.191 e. The van der Waals surface area contributed by atoms with Gasteiger partial charge in [0.15, 0.2) is 5.96 Å². The van der Waals surface area contributed by atoms with Crippen molar-refractivity contribution in [2.24, 2.45) is 4.99 Å². The summed E-state index contributed by atoms with van der Waals surface area (Å²) in [5, 5.41) is 11.0. The zero-order chi connectivity index (χ0) is 22.1. The van der Waals surface area contributed by atoms with E-state index in [1.54, 1.807) is 0 Å². The number of hydrogen-bond acceptors (Lipinski definition) is 5. The lowest BCUT2D eigenvalue weighted by atomic mass is 10.1. The molecule has 0 spiro atoms. The Bertz CT molecular complexity index is 827. The topological polar surface area (TPSA) is 74.9 Å². The molecule has 1 aromatic carbocycles. The zero-order valence-corrected chi connectivity index (χ0v) is 19.4. The van der Waals surface area contributed by atoms with Crippen LogP contribution in [0.1, 0.15) is 55.8 Å². The number of rotatable bonds is 9. The maximum absolute atomic E-state index is 5.65. The summed E-state index contributed by atoms with van der Waals surface area (Å²) in [6, 6.07) is 8.73. The third kappa shape index (κ3) is 6.80. The summed E-state index contributed by atoms with van der Waals surface area (Å²) >= 11 is 0. The molecule has 2 N–H and O–H groups in total. The molecule has 1 aliphatic rings. The van der Waals surface area contributed by atoms with E-state index in [0.29, 0.717) is 19.2 Å². The quantitative estimate of drug-likeness (QED) is 0.473. The van der Waals surface area contributed by atoms with Gasteiger partial charge in [0.2, 0.25) is 0 Å². The number of morpholine rings is 1. The Kier molecular flexibility index (Phi) is 8.91. The summed E-state index contributed by atoms with van der Waals surface area (Å²) in [4.78, 5) is 7.26. The molecule has 7 heteroatoms. The molecule has 0 aliphatic carbocycles. The lowest BCUT2D eigenvalue weighted by molar-refractivity contribution is -0.0212. The number of nitrogens with zero attached hydrogens (tertiary/aromatic N) is 3. The van der Waals surface area contributed by atoms with Gasteiger partial charge in [-0.1, -0.05) is 43.3 Å². The molecule has 0 radical (unpaired) electrons. The van der Waals surface area contributed by atoms with Crippen molar-refractivity contribution in [3.63, 3.8) is 0 Å². The molecule has 0 saturated carbocycles. The highest BCUT2D eigenvalue weighted by Crippen LogP contribution is 2.16. The molecule has 1 saturated heterocycles. The molecule has 2 heterocycles. The first-order chi connectivity index (χ1) is 15.1. The lowest BCUT2D eigenvalue weighted by Crippen LogP contribution is -2.40. The summed E-state index contributed by atoms with van der Waals surface area (Å²) in [6.45, 7) is 14.3. The highest BCUT2D eigenvalue weighted by atomic mass is 16.5. The SMILES string of the molecule is CCNC(=NCc1cccc(CN2CCOC(C)C2)c1)NCc1c(CC)noc1CC. The van der Waals surface area contributed by atoms with Crippen LogP contribution in [0.4, 0.5) is 0 Å². The first kappa shape index (κ1) is 23.3. The fraction of sp³-hybridized carbons (Fsp3) is 0.583. The van der Waals surface area contributed by atoms with E-state index < -0.39 is 0 Å². The molecular weight excluding hydrogens is 390 g/mol. The lowest BCUT2D eigenvalue weighted by Gasteiger charge is -2.31. The molecule has 0 amide bonds. The predicted molar refractivity (Wildman–Crippen MR) is 124 cm³/mol. The Morgan fingerprint density at radius 3 is 2.77 bits per heavy atom. The van der Waals surface area contributed by atoms with E-state index in [9.17, 15) is 0 Å². The van der Waals surface area contributed by atoms with Crippen LogP contribution >= 0.6 is 0 Å². The summed E-state index contributed by atoms with van der Waals surface area (Å²) < 4.78 is 11.1. The third-order valence-electron chi connectivity index (χ3n) is 5.53. The van der Waals surface area contributed by atoms with Gasteiger partial charge in [0.1, 0.15) is 5.76 Å². The van der Waals surface area contributed by atoms with Crippen LogP contribution in [0.25, 0.3) is 0 Å². The van der Waals surface area contributed by atoms with Crippen LogP contribution < -0.4 is 10.6 Å². The highest BCUT2D eigenvalue weighted by Gasteiger charge is 2.17. The molecule has 3 rings (SSSR count). The van der Waals surface area contributed by atoms with E-state index in [0.717, 1.165) is 68.6 Å². The standard InChI is InChI=1S/C24H37N5O2/c1-5-22-21(23(6-2)31-28-22)15-27-24(25-7-3)26-14-19-9-8-10-20(13-19)17-29-11-12-30-18(4)16-29/h8-10,13,18H,5-7,11-12,14-17H2,1-4H3,(H2,25,26,27). The number of aryl methyl sites for hydroxylation is 2. The van der Waals surface area contributed by atoms with Crippen LogP contribution in [0.5, 0.6) is 0 Å². The van der Waals surface area contributed by atoms with Crippen LogP contribution in [-0.4, -0.2) is 48.4 Å². The van der Waals surface area contributed by atoms with Gasteiger partial charge < -0.3 is 19.9 Å². The van der Waals surface area contributed by atoms with E-state index in [2.05, 4.69) is 72.7 Å². The number of ether oxygens (including phenoxy) is 1. The molecule has 1 fully saturated rings. The number of aromatic nitrogens is 1. The fourth-order valence-electron chi connectivity index (χ4n) is 3.94. The summed E-state index contributed by atoms with van der Waals surface area (Å²) in [5.41, 5.74) is 4.71. The summed E-state index contributed by atoms with van der Waals surface area (Å²) in [5.74, 6) is 1.76. The molecule has 0 bridgehead atoms. The van der Waals surface area contributed by atoms with Gasteiger partial charge in [-0.05, 0) is 31.4 Å². The minimum Gasteiger partial charge on any atom is -0.376 e. The predicted octanol–water partition coefficient (Wildman–Crippen LogP) is 3.28. The molecule has 170 valence electrons. The molecule has 1 unspecified atom stereocenters. The molecule has 2 aromatic rings. The number of aliphatic imine (C=N–C) groups is 1. The Morgan fingerprint density at radius 2 is 2.03 bits per heavy atom. The van der Waals surface area contributed by atoms with Gasteiger partial charge in [-0.3, -0.25) is 4.90 Å². The first-order valence-electron chi connectivity index (χ1n) is 11.5. The van der Waals surface area contributed by atoms with Crippen LogP contribution in [0.2, 0.25) is 0 Å². The number of nitrogens with one attached hydrogen (secondary N) is 2. The molecule has 7 nitrogen and oxygen atoms in total. The fourth-order valence-corrected chi connectivity index (χ4v) is 3.94. The van der Waals surface area contributed by atoms with E-state index in [1.165, 1.54) is 11.1 Å². The highest BCUT2D eigenvalue weighted by molar-refractivity contribution is 5.79. The van der Waals surface area contributed by atoms with Gasteiger partial charge in [0.05, 0.1) is 24.9 Å². The van der Waals surface area contributed by atoms with E-state index in [1.807, 2.05) is 0 Å². The van der Waals surface area contributed by atoms with Gasteiger partial charge >= 0.3 is 0 Å². The van der Waals surface area contributed by atoms with Gasteiger partial charge in [-0.15, -0.1) is 0 Å².